The number of nitrogens with one attached hydrogen (secondary N) is 1. The molecule has 0 aromatic heterocycles. The summed E-state index contributed by atoms with van der Waals surface area (Å²) in [6.07, 6.45) is 5.57. The minimum Gasteiger partial charge on any atom is -0.491 e. The topological polar surface area (TPSA) is 30.5 Å². The lowest BCUT2D eigenvalue weighted by atomic mass is 10.1. The molecule has 110 valence electrons. The van der Waals surface area contributed by atoms with Crippen molar-refractivity contribution in [1.82, 2.24) is 5.32 Å². The van der Waals surface area contributed by atoms with E-state index in [0.29, 0.717) is 12.7 Å². The average molecular weight is 275 g/mol. The van der Waals surface area contributed by atoms with E-state index in [4.69, 9.17) is 9.47 Å². The second-order valence-electron chi connectivity index (χ2n) is 6.15. The second kappa shape index (κ2) is 6.15. The standard InChI is InChI=1S/C17H25NO2/c1-12-4-3-5-17(13(12)2)19-11-16-9-8-15(20-16)10-18-14-6-7-14/h3-5,14-16,18H,6-11H2,1-2H3. The Bertz CT molecular complexity index is 456. The van der Waals surface area contributed by atoms with Crippen LogP contribution in [0.1, 0.15) is 36.8 Å². The zero-order valence-electron chi connectivity index (χ0n) is 12.5. The molecular weight excluding hydrogens is 250 g/mol. The summed E-state index contributed by atoms with van der Waals surface area (Å²) in [5.41, 5.74) is 2.51. The molecule has 0 bridgehead atoms. The van der Waals surface area contributed by atoms with Gasteiger partial charge in [-0.2, -0.15) is 0 Å². The molecule has 0 amide bonds. The van der Waals surface area contributed by atoms with Crippen molar-refractivity contribution in [2.75, 3.05) is 13.2 Å². The maximum atomic E-state index is 6.04. The van der Waals surface area contributed by atoms with Crippen LogP contribution in [0.2, 0.25) is 0 Å². The van der Waals surface area contributed by atoms with Crippen LogP contribution in [0.3, 0.4) is 0 Å². The molecule has 2 atom stereocenters. The minimum absolute atomic E-state index is 0.251. The van der Waals surface area contributed by atoms with E-state index in [1.807, 2.05) is 6.07 Å². The van der Waals surface area contributed by atoms with Gasteiger partial charge < -0.3 is 14.8 Å². The number of hydrogen-bond donors (Lipinski definition) is 1. The molecule has 20 heavy (non-hydrogen) atoms. The molecule has 2 fully saturated rings. The maximum Gasteiger partial charge on any atom is 0.122 e. The molecule has 1 aromatic rings. The van der Waals surface area contributed by atoms with E-state index in [-0.39, 0.29) is 6.10 Å². The number of ether oxygens (including phenoxy) is 2. The van der Waals surface area contributed by atoms with Crippen molar-refractivity contribution in [3.8, 4) is 5.75 Å². The summed E-state index contributed by atoms with van der Waals surface area (Å²) in [7, 11) is 0. The lowest BCUT2D eigenvalue weighted by molar-refractivity contribution is 0.0183. The molecule has 2 aliphatic rings. The van der Waals surface area contributed by atoms with Gasteiger partial charge in [-0.3, -0.25) is 0 Å². The zero-order chi connectivity index (χ0) is 13.9. The van der Waals surface area contributed by atoms with Crippen LogP contribution in [0.4, 0.5) is 0 Å². The Labute approximate surface area is 121 Å². The minimum atomic E-state index is 0.251. The van der Waals surface area contributed by atoms with E-state index in [0.717, 1.165) is 31.2 Å². The van der Waals surface area contributed by atoms with Crippen molar-refractivity contribution in [3.63, 3.8) is 0 Å². The van der Waals surface area contributed by atoms with Crippen molar-refractivity contribution in [2.24, 2.45) is 0 Å². The molecule has 1 aromatic carbocycles. The maximum absolute atomic E-state index is 6.04. The summed E-state index contributed by atoms with van der Waals surface area (Å²) < 4.78 is 12.0. The molecule has 1 N–H and O–H groups in total. The fraction of sp³-hybridized carbons (Fsp3) is 0.647. The van der Waals surface area contributed by atoms with Gasteiger partial charge in [0.15, 0.2) is 0 Å². The number of rotatable bonds is 6. The summed E-state index contributed by atoms with van der Waals surface area (Å²) in [5.74, 6) is 0.994. The lowest BCUT2D eigenvalue weighted by Crippen LogP contribution is -2.29. The molecule has 1 heterocycles. The first-order chi connectivity index (χ1) is 9.72. The Balaban J connectivity index is 1.43. The third-order valence-electron chi connectivity index (χ3n) is 4.39. The van der Waals surface area contributed by atoms with Gasteiger partial charge in [-0.15, -0.1) is 0 Å². The van der Waals surface area contributed by atoms with Gasteiger partial charge in [-0.05, 0) is 56.7 Å². The van der Waals surface area contributed by atoms with E-state index < -0.39 is 0 Å². The van der Waals surface area contributed by atoms with Crippen LogP contribution < -0.4 is 10.1 Å². The van der Waals surface area contributed by atoms with Crippen molar-refractivity contribution in [1.29, 1.82) is 0 Å². The highest BCUT2D eigenvalue weighted by molar-refractivity contribution is 5.38. The second-order valence-corrected chi connectivity index (χ2v) is 6.15. The molecule has 0 radical (unpaired) electrons. The fourth-order valence-electron chi connectivity index (χ4n) is 2.70. The van der Waals surface area contributed by atoms with E-state index in [2.05, 4.69) is 31.3 Å². The van der Waals surface area contributed by atoms with Crippen LogP contribution >= 0.6 is 0 Å². The van der Waals surface area contributed by atoms with E-state index in [1.54, 1.807) is 0 Å². The van der Waals surface area contributed by atoms with Gasteiger partial charge in [0.2, 0.25) is 0 Å². The monoisotopic (exact) mass is 275 g/mol. The number of benzene rings is 1. The van der Waals surface area contributed by atoms with Crippen LogP contribution in [-0.4, -0.2) is 31.4 Å². The van der Waals surface area contributed by atoms with Gasteiger partial charge in [0.25, 0.3) is 0 Å². The molecule has 2 unspecified atom stereocenters. The smallest absolute Gasteiger partial charge is 0.122 e. The van der Waals surface area contributed by atoms with Gasteiger partial charge in [0.05, 0.1) is 12.2 Å². The zero-order valence-corrected chi connectivity index (χ0v) is 12.5. The quantitative estimate of drug-likeness (QED) is 0.866. The van der Waals surface area contributed by atoms with Crippen LogP contribution in [-0.2, 0) is 4.74 Å². The van der Waals surface area contributed by atoms with Gasteiger partial charge in [-0.25, -0.2) is 0 Å². The summed E-state index contributed by atoms with van der Waals surface area (Å²) in [5, 5.41) is 3.54. The van der Waals surface area contributed by atoms with Crippen molar-refractivity contribution >= 4 is 0 Å². The number of hydrogen-bond acceptors (Lipinski definition) is 3. The molecule has 1 saturated heterocycles. The number of aryl methyl sites for hydroxylation is 1. The van der Waals surface area contributed by atoms with Crippen LogP contribution in [0, 0.1) is 13.8 Å². The molecule has 3 nitrogen and oxygen atoms in total. The van der Waals surface area contributed by atoms with Gasteiger partial charge in [0, 0.05) is 12.6 Å². The first kappa shape index (κ1) is 13.9. The summed E-state index contributed by atoms with van der Waals surface area (Å²) >= 11 is 0. The summed E-state index contributed by atoms with van der Waals surface area (Å²) in [4.78, 5) is 0. The van der Waals surface area contributed by atoms with E-state index in [9.17, 15) is 0 Å². The van der Waals surface area contributed by atoms with Crippen LogP contribution in [0.25, 0.3) is 0 Å². The first-order valence-electron chi connectivity index (χ1n) is 7.80. The highest BCUT2D eigenvalue weighted by Crippen LogP contribution is 2.25. The van der Waals surface area contributed by atoms with Gasteiger partial charge >= 0.3 is 0 Å². The predicted molar refractivity (Wildman–Crippen MR) is 80.3 cm³/mol. The largest absolute Gasteiger partial charge is 0.491 e. The normalized spacial score (nSPS) is 25.9. The highest BCUT2D eigenvalue weighted by atomic mass is 16.5. The molecule has 0 spiro atoms. The van der Waals surface area contributed by atoms with Crippen molar-refractivity contribution in [2.45, 2.75) is 57.8 Å². The molecule has 1 aliphatic heterocycles. The van der Waals surface area contributed by atoms with E-state index in [1.165, 1.54) is 24.0 Å². The molecule has 3 heteroatoms. The van der Waals surface area contributed by atoms with Crippen molar-refractivity contribution < 1.29 is 9.47 Å². The van der Waals surface area contributed by atoms with Gasteiger partial charge in [-0.1, -0.05) is 12.1 Å². The average Bonchev–Trinajstić information content (AvgIpc) is 3.17. The Morgan fingerprint density at radius 2 is 1.95 bits per heavy atom. The van der Waals surface area contributed by atoms with E-state index >= 15 is 0 Å². The SMILES string of the molecule is Cc1cccc(OCC2CCC(CNC3CC3)O2)c1C. The molecule has 1 aliphatic carbocycles. The predicted octanol–water partition coefficient (Wildman–Crippen LogP) is 2.98. The highest BCUT2D eigenvalue weighted by Gasteiger charge is 2.28. The Kier molecular flexibility index (Phi) is 4.27. The molecule has 3 rings (SSSR count). The Hall–Kier alpha value is -1.06. The van der Waals surface area contributed by atoms with Gasteiger partial charge in [0.1, 0.15) is 12.4 Å². The lowest BCUT2D eigenvalue weighted by Gasteiger charge is -2.16. The molecular formula is C17H25NO2. The van der Waals surface area contributed by atoms with Crippen LogP contribution in [0.15, 0.2) is 18.2 Å². The molecule has 1 saturated carbocycles. The summed E-state index contributed by atoms with van der Waals surface area (Å²) in [6.45, 7) is 5.91. The Morgan fingerprint density at radius 1 is 1.15 bits per heavy atom. The van der Waals surface area contributed by atoms with Crippen molar-refractivity contribution in [3.05, 3.63) is 29.3 Å². The van der Waals surface area contributed by atoms with Crippen LogP contribution in [0.5, 0.6) is 5.75 Å². The third kappa shape index (κ3) is 3.53. The third-order valence-corrected chi connectivity index (χ3v) is 4.39. The first-order valence-corrected chi connectivity index (χ1v) is 7.80. The fourth-order valence-corrected chi connectivity index (χ4v) is 2.70. The summed E-state index contributed by atoms with van der Waals surface area (Å²) in [6, 6.07) is 6.98. The Morgan fingerprint density at radius 3 is 2.75 bits per heavy atom.